The molecule has 0 bridgehead atoms. The third-order valence-corrected chi connectivity index (χ3v) is 3.87. The molecule has 1 aromatic carbocycles. The van der Waals surface area contributed by atoms with Crippen molar-refractivity contribution in [3.05, 3.63) is 35.9 Å². The molecule has 0 aliphatic rings. The maximum atomic E-state index is 10.8. The molecule has 1 aromatic rings. The normalized spacial score (nSPS) is 9.47. The van der Waals surface area contributed by atoms with Gasteiger partial charge in [-0.15, -0.1) is 0 Å². The predicted octanol–water partition coefficient (Wildman–Crippen LogP) is 4.13. The molecule has 0 spiro atoms. The summed E-state index contributed by atoms with van der Waals surface area (Å²) in [7, 11) is 5.15. The van der Waals surface area contributed by atoms with E-state index in [0.717, 1.165) is 5.92 Å². The zero-order valence-corrected chi connectivity index (χ0v) is 12.4. The standard InChI is InChI=1S/C8H8O2.C5H12S2/c1-10-8(9)7-5-3-2-4-6-7;1-5(2)4-7-6-3/h2-6H,1H3;5H,4H2,1-3H3. The van der Waals surface area contributed by atoms with Gasteiger partial charge in [0.15, 0.2) is 0 Å². The van der Waals surface area contributed by atoms with Crippen molar-refractivity contribution in [2.45, 2.75) is 13.8 Å². The Hall–Kier alpha value is -0.610. The van der Waals surface area contributed by atoms with Crippen LogP contribution in [0.1, 0.15) is 24.2 Å². The smallest absolute Gasteiger partial charge is 0.337 e. The van der Waals surface area contributed by atoms with Crippen LogP contribution < -0.4 is 0 Å². The number of hydrogen-bond donors (Lipinski definition) is 0. The van der Waals surface area contributed by atoms with Crippen LogP contribution in [-0.4, -0.2) is 25.1 Å². The van der Waals surface area contributed by atoms with Crippen molar-refractivity contribution in [2.24, 2.45) is 5.92 Å². The van der Waals surface area contributed by atoms with Crippen molar-refractivity contribution in [2.75, 3.05) is 19.1 Å². The highest BCUT2D eigenvalue weighted by atomic mass is 33.1. The van der Waals surface area contributed by atoms with Gasteiger partial charge >= 0.3 is 5.97 Å². The Balaban J connectivity index is 0.000000325. The summed E-state index contributed by atoms with van der Waals surface area (Å²) in [6, 6.07) is 8.88. The van der Waals surface area contributed by atoms with E-state index in [1.165, 1.54) is 12.9 Å². The maximum absolute atomic E-state index is 10.8. The van der Waals surface area contributed by atoms with Gasteiger partial charge in [0.05, 0.1) is 12.7 Å². The molecule has 0 aromatic heterocycles. The summed E-state index contributed by atoms with van der Waals surface area (Å²) in [6.07, 6.45) is 2.12. The van der Waals surface area contributed by atoms with Crippen LogP contribution in [0.2, 0.25) is 0 Å². The van der Waals surface area contributed by atoms with Crippen LogP contribution in [0.5, 0.6) is 0 Å². The lowest BCUT2D eigenvalue weighted by molar-refractivity contribution is 0.0601. The third-order valence-electron chi connectivity index (χ3n) is 1.71. The van der Waals surface area contributed by atoms with E-state index in [2.05, 4.69) is 24.8 Å². The first-order valence-electron chi connectivity index (χ1n) is 5.40. The number of hydrogen-bond acceptors (Lipinski definition) is 4. The highest BCUT2D eigenvalue weighted by Gasteiger charge is 2.00. The van der Waals surface area contributed by atoms with Gasteiger partial charge in [0.25, 0.3) is 0 Å². The molecular weight excluding hydrogens is 252 g/mol. The number of benzene rings is 1. The molecule has 0 radical (unpaired) electrons. The average Bonchev–Trinajstić information content (AvgIpc) is 2.37. The number of ether oxygens (including phenoxy) is 1. The minimum absolute atomic E-state index is 0.291. The number of carbonyl (C=O) groups excluding carboxylic acids is 1. The molecule has 0 unspecified atom stereocenters. The predicted molar refractivity (Wildman–Crippen MR) is 78.6 cm³/mol. The number of esters is 1. The monoisotopic (exact) mass is 272 g/mol. The molecule has 4 heteroatoms. The fourth-order valence-corrected chi connectivity index (χ4v) is 2.53. The molecule has 1 rings (SSSR count). The van der Waals surface area contributed by atoms with Crippen LogP contribution in [0.3, 0.4) is 0 Å². The van der Waals surface area contributed by atoms with Crippen molar-refractivity contribution in [1.29, 1.82) is 0 Å². The fraction of sp³-hybridized carbons (Fsp3) is 0.462. The van der Waals surface area contributed by atoms with Crippen LogP contribution in [0.15, 0.2) is 30.3 Å². The van der Waals surface area contributed by atoms with Gasteiger partial charge in [-0.25, -0.2) is 4.79 Å². The lowest BCUT2D eigenvalue weighted by Crippen LogP contribution is -1.99. The molecule has 0 atom stereocenters. The van der Waals surface area contributed by atoms with E-state index < -0.39 is 0 Å². The fourth-order valence-electron chi connectivity index (χ4n) is 0.896. The molecule has 0 fully saturated rings. The zero-order chi connectivity index (χ0) is 13.1. The van der Waals surface area contributed by atoms with E-state index in [-0.39, 0.29) is 5.97 Å². The lowest BCUT2D eigenvalue weighted by Gasteiger charge is -1.98. The Kier molecular flexibility index (Phi) is 10.2. The molecule has 0 saturated carbocycles. The molecule has 2 nitrogen and oxygen atoms in total. The van der Waals surface area contributed by atoms with Crippen LogP contribution in [0.25, 0.3) is 0 Å². The van der Waals surface area contributed by atoms with E-state index in [1.54, 1.807) is 24.3 Å². The second-order valence-corrected chi connectivity index (χ2v) is 6.31. The largest absolute Gasteiger partial charge is 0.465 e. The summed E-state index contributed by atoms with van der Waals surface area (Å²) < 4.78 is 4.50. The van der Waals surface area contributed by atoms with Gasteiger partial charge in [0.1, 0.15) is 0 Å². The summed E-state index contributed by atoms with van der Waals surface area (Å²) in [5.41, 5.74) is 0.588. The molecule has 0 aliphatic carbocycles. The van der Waals surface area contributed by atoms with Gasteiger partial charge in [-0.3, -0.25) is 0 Å². The number of methoxy groups -OCH3 is 1. The van der Waals surface area contributed by atoms with Gasteiger partial charge in [0, 0.05) is 5.75 Å². The molecule has 17 heavy (non-hydrogen) atoms. The summed E-state index contributed by atoms with van der Waals surface area (Å²) in [5.74, 6) is 1.83. The Morgan fingerprint density at radius 1 is 1.29 bits per heavy atom. The Bertz CT molecular complexity index is 300. The first-order chi connectivity index (χ1) is 8.11. The molecule has 0 heterocycles. The van der Waals surface area contributed by atoms with Gasteiger partial charge in [-0.2, -0.15) is 0 Å². The molecule has 0 saturated heterocycles. The molecule has 0 N–H and O–H groups in total. The van der Waals surface area contributed by atoms with Crippen LogP contribution in [-0.2, 0) is 4.74 Å². The zero-order valence-electron chi connectivity index (χ0n) is 10.8. The third kappa shape index (κ3) is 9.12. The van der Waals surface area contributed by atoms with Crippen LogP contribution >= 0.6 is 21.6 Å². The van der Waals surface area contributed by atoms with Crippen molar-refractivity contribution < 1.29 is 9.53 Å². The Morgan fingerprint density at radius 2 is 1.88 bits per heavy atom. The maximum Gasteiger partial charge on any atom is 0.337 e. The molecule has 0 aliphatic heterocycles. The van der Waals surface area contributed by atoms with Crippen molar-refractivity contribution in [1.82, 2.24) is 0 Å². The summed E-state index contributed by atoms with van der Waals surface area (Å²) in [6.45, 7) is 4.48. The molecule has 96 valence electrons. The minimum Gasteiger partial charge on any atom is -0.465 e. The lowest BCUT2D eigenvalue weighted by atomic mass is 10.2. The summed E-state index contributed by atoms with van der Waals surface area (Å²) >= 11 is 0. The van der Waals surface area contributed by atoms with Crippen LogP contribution in [0.4, 0.5) is 0 Å². The van der Waals surface area contributed by atoms with Gasteiger partial charge in [0.2, 0.25) is 0 Å². The van der Waals surface area contributed by atoms with Gasteiger partial charge in [-0.1, -0.05) is 53.6 Å². The number of rotatable bonds is 4. The van der Waals surface area contributed by atoms with E-state index in [1.807, 2.05) is 27.7 Å². The molecular formula is C13H20O2S2. The SMILES string of the molecule is COC(=O)c1ccccc1.CSSCC(C)C. The topological polar surface area (TPSA) is 26.3 Å². The van der Waals surface area contributed by atoms with Gasteiger partial charge < -0.3 is 4.74 Å². The van der Waals surface area contributed by atoms with Crippen LogP contribution in [0, 0.1) is 5.92 Å². The van der Waals surface area contributed by atoms with E-state index in [0.29, 0.717) is 5.56 Å². The van der Waals surface area contributed by atoms with Gasteiger partial charge in [-0.05, 0) is 24.3 Å². The van der Waals surface area contributed by atoms with E-state index in [9.17, 15) is 4.79 Å². The van der Waals surface area contributed by atoms with E-state index >= 15 is 0 Å². The highest BCUT2D eigenvalue weighted by molar-refractivity contribution is 8.76. The van der Waals surface area contributed by atoms with E-state index in [4.69, 9.17) is 0 Å². The summed E-state index contributed by atoms with van der Waals surface area (Å²) in [5, 5.41) is 0. The summed E-state index contributed by atoms with van der Waals surface area (Å²) in [4.78, 5) is 10.8. The average molecular weight is 272 g/mol. The second-order valence-electron chi connectivity index (χ2n) is 3.70. The van der Waals surface area contributed by atoms with Crippen molar-refractivity contribution >= 4 is 27.6 Å². The Morgan fingerprint density at radius 3 is 2.24 bits per heavy atom. The van der Waals surface area contributed by atoms with Crippen molar-refractivity contribution in [3.8, 4) is 0 Å². The van der Waals surface area contributed by atoms with Crippen molar-refractivity contribution in [3.63, 3.8) is 0 Å². The first kappa shape index (κ1) is 16.4. The molecule has 0 amide bonds. The quantitative estimate of drug-likeness (QED) is 0.608. The minimum atomic E-state index is -0.291. The first-order valence-corrected chi connectivity index (χ1v) is 8.13. The number of carbonyl (C=O) groups is 1. The second kappa shape index (κ2) is 10.5. The highest BCUT2D eigenvalue weighted by Crippen LogP contribution is 2.19. The Labute approximate surface area is 112 Å².